The Kier molecular flexibility index (Phi) is 2.74. The molecule has 0 radical (unpaired) electrons. The zero-order chi connectivity index (χ0) is 14.3. The van der Waals surface area contributed by atoms with Gasteiger partial charge in [-0.25, -0.2) is 9.69 Å². The molecular weight excluding hydrogens is 264 g/mol. The molecule has 102 valence electrons. The Morgan fingerprint density at radius 2 is 1.95 bits per heavy atom. The van der Waals surface area contributed by atoms with Crippen molar-refractivity contribution in [3.63, 3.8) is 0 Å². The number of imide groups is 1. The van der Waals surface area contributed by atoms with E-state index in [0.29, 0.717) is 5.69 Å². The first-order valence-corrected chi connectivity index (χ1v) is 5.90. The van der Waals surface area contributed by atoms with E-state index in [1.807, 2.05) is 0 Å². The van der Waals surface area contributed by atoms with Gasteiger partial charge < -0.3 is 9.57 Å². The zero-order valence-corrected chi connectivity index (χ0v) is 10.5. The Morgan fingerprint density at radius 1 is 1.25 bits per heavy atom. The number of ether oxygens (including phenoxy) is 1. The number of amides is 2. The van der Waals surface area contributed by atoms with E-state index in [1.54, 1.807) is 30.3 Å². The zero-order valence-electron chi connectivity index (χ0n) is 10.5. The first kappa shape index (κ1) is 12.3. The Morgan fingerprint density at radius 3 is 2.60 bits per heavy atom. The van der Waals surface area contributed by atoms with Crippen LogP contribution in [-0.2, 0) is 24.0 Å². The summed E-state index contributed by atoms with van der Waals surface area (Å²) in [6, 6.07) is 8.45. The van der Waals surface area contributed by atoms with Gasteiger partial charge in [-0.3, -0.25) is 9.59 Å². The van der Waals surface area contributed by atoms with E-state index in [0.717, 1.165) is 4.90 Å². The topological polar surface area (TPSA) is 85.3 Å². The Labute approximate surface area is 113 Å². The number of hydrogen-bond acceptors (Lipinski definition) is 6. The van der Waals surface area contributed by atoms with Crippen molar-refractivity contribution in [2.45, 2.75) is 6.10 Å². The fraction of sp³-hybridized carbons (Fsp3) is 0.231. The normalized spacial score (nSPS) is 24.2. The van der Waals surface area contributed by atoms with Gasteiger partial charge in [0, 0.05) is 0 Å². The van der Waals surface area contributed by atoms with Crippen LogP contribution in [0.5, 0.6) is 0 Å². The molecule has 1 saturated heterocycles. The molecular formula is C13H10N2O5. The number of hydrogen-bond donors (Lipinski definition) is 0. The van der Waals surface area contributed by atoms with Gasteiger partial charge in [0.05, 0.1) is 12.8 Å². The second-order valence-corrected chi connectivity index (χ2v) is 4.32. The van der Waals surface area contributed by atoms with E-state index in [1.165, 1.54) is 7.11 Å². The molecule has 0 unspecified atom stereocenters. The quantitative estimate of drug-likeness (QED) is 0.564. The third-order valence-electron chi connectivity index (χ3n) is 3.22. The number of anilines is 1. The van der Waals surface area contributed by atoms with Crippen LogP contribution in [0.3, 0.4) is 0 Å². The van der Waals surface area contributed by atoms with Crippen molar-refractivity contribution in [1.82, 2.24) is 0 Å². The molecule has 1 aromatic rings. The lowest BCUT2D eigenvalue weighted by atomic mass is 10.00. The molecule has 2 heterocycles. The van der Waals surface area contributed by atoms with Crippen LogP contribution < -0.4 is 4.90 Å². The summed E-state index contributed by atoms with van der Waals surface area (Å²) in [7, 11) is 1.17. The van der Waals surface area contributed by atoms with Gasteiger partial charge in [0.25, 0.3) is 5.91 Å². The highest BCUT2D eigenvalue weighted by Gasteiger charge is 2.57. The lowest BCUT2D eigenvalue weighted by Crippen LogP contribution is -2.34. The number of benzene rings is 1. The first-order valence-electron chi connectivity index (χ1n) is 5.90. The van der Waals surface area contributed by atoms with Crippen molar-refractivity contribution >= 4 is 29.2 Å². The van der Waals surface area contributed by atoms with Gasteiger partial charge >= 0.3 is 5.97 Å². The maximum Gasteiger partial charge on any atom is 0.356 e. The van der Waals surface area contributed by atoms with Crippen LogP contribution in [0, 0.1) is 5.92 Å². The van der Waals surface area contributed by atoms with E-state index in [-0.39, 0.29) is 5.71 Å². The van der Waals surface area contributed by atoms with E-state index >= 15 is 0 Å². The average Bonchev–Trinajstić information content (AvgIpc) is 3.01. The van der Waals surface area contributed by atoms with Gasteiger partial charge in [-0.1, -0.05) is 23.4 Å². The second kappa shape index (κ2) is 4.44. The number of nitrogens with zero attached hydrogens (tertiary/aromatic N) is 2. The highest BCUT2D eigenvalue weighted by atomic mass is 16.7. The number of para-hydroxylation sites is 1. The number of esters is 1. The fourth-order valence-electron chi connectivity index (χ4n) is 2.28. The highest BCUT2D eigenvalue weighted by molar-refractivity contribution is 6.46. The van der Waals surface area contributed by atoms with E-state index < -0.39 is 29.8 Å². The van der Waals surface area contributed by atoms with Crippen molar-refractivity contribution in [2.24, 2.45) is 11.1 Å². The largest absolute Gasteiger partial charge is 0.464 e. The van der Waals surface area contributed by atoms with Crippen molar-refractivity contribution < 1.29 is 24.0 Å². The monoisotopic (exact) mass is 274 g/mol. The molecule has 0 bridgehead atoms. The SMILES string of the molecule is COC(=O)C1=NO[C@@H]2C(=O)N(c3ccccc3)C(=O)[C@H]12. The second-order valence-electron chi connectivity index (χ2n) is 4.32. The standard InChI is InChI=1S/C13H10N2O5/c1-19-13(18)9-8-10(20-14-9)12(17)15(11(8)16)7-5-3-2-4-6-7/h2-6,8,10H,1H3/t8-,10+/m1/s1. The summed E-state index contributed by atoms with van der Waals surface area (Å²) in [5.74, 6) is -2.87. The Bertz CT molecular complexity index is 625. The minimum absolute atomic E-state index is 0.172. The maximum absolute atomic E-state index is 12.4. The summed E-state index contributed by atoms with van der Waals surface area (Å²) in [6.07, 6.45) is -1.09. The number of rotatable bonds is 2. The van der Waals surface area contributed by atoms with Crippen LogP contribution in [0.2, 0.25) is 0 Å². The van der Waals surface area contributed by atoms with Crippen LogP contribution in [0.25, 0.3) is 0 Å². The molecule has 2 aliphatic rings. The number of methoxy groups -OCH3 is 1. The van der Waals surface area contributed by atoms with Gasteiger partial charge in [0.1, 0.15) is 5.92 Å². The first-order chi connectivity index (χ1) is 9.65. The summed E-state index contributed by atoms with van der Waals surface area (Å²) >= 11 is 0. The molecule has 2 amide bonds. The molecule has 0 N–H and O–H groups in total. The number of oxime groups is 1. The van der Waals surface area contributed by atoms with E-state index in [4.69, 9.17) is 4.84 Å². The highest BCUT2D eigenvalue weighted by Crippen LogP contribution is 2.33. The minimum atomic E-state index is -1.09. The van der Waals surface area contributed by atoms with Gasteiger partial charge in [-0.05, 0) is 12.1 Å². The van der Waals surface area contributed by atoms with Gasteiger partial charge in [-0.15, -0.1) is 0 Å². The van der Waals surface area contributed by atoms with E-state index in [9.17, 15) is 14.4 Å². The van der Waals surface area contributed by atoms with Crippen LogP contribution in [-0.4, -0.2) is 36.7 Å². The summed E-state index contributed by atoms with van der Waals surface area (Å²) in [6.45, 7) is 0. The summed E-state index contributed by atoms with van der Waals surface area (Å²) in [4.78, 5) is 42.0. The van der Waals surface area contributed by atoms with Crippen molar-refractivity contribution in [3.05, 3.63) is 30.3 Å². The molecule has 0 spiro atoms. The van der Waals surface area contributed by atoms with Crippen molar-refractivity contribution in [2.75, 3.05) is 12.0 Å². The predicted octanol–water partition coefficient (Wildman–Crippen LogP) is 0.104. The summed E-state index contributed by atoms with van der Waals surface area (Å²) in [5, 5.41) is 3.49. The van der Waals surface area contributed by atoms with Gasteiger partial charge in [0.2, 0.25) is 12.0 Å². The molecule has 20 heavy (non-hydrogen) atoms. The Hall–Kier alpha value is -2.70. The number of carbonyl (C=O) groups excluding carboxylic acids is 3. The third kappa shape index (κ3) is 1.59. The lowest BCUT2D eigenvalue weighted by molar-refractivity contribution is -0.133. The molecule has 7 nitrogen and oxygen atoms in total. The minimum Gasteiger partial charge on any atom is -0.464 e. The van der Waals surface area contributed by atoms with Crippen LogP contribution >= 0.6 is 0 Å². The Balaban J connectivity index is 1.97. The predicted molar refractivity (Wildman–Crippen MR) is 66.7 cm³/mol. The third-order valence-corrected chi connectivity index (χ3v) is 3.22. The molecule has 1 aromatic carbocycles. The van der Waals surface area contributed by atoms with Crippen molar-refractivity contribution in [1.29, 1.82) is 0 Å². The van der Waals surface area contributed by atoms with Crippen LogP contribution in [0.15, 0.2) is 35.5 Å². The lowest BCUT2D eigenvalue weighted by Gasteiger charge is -2.14. The smallest absolute Gasteiger partial charge is 0.356 e. The molecule has 0 saturated carbocycles. The summed E-state index contributed by atoms with van der Waals surface area (Å²) < 4.78 is 4.54. The molecule has 7 heteroatoms. The van der Waals surface area contributed by atoms with Crippen molar-refractivity contribution in [3.8, 4) is 0 Å². The molecule has 1 fully saturated rings. The van der Waals surface area contributed by atoms with Gasteiger partial charge in [-0.2, -0.15) is 0 Å². The molecule has 0 aromatic heterocycles. The molecule has 0 aliphatic carbocycles. The maximum atomic E-state index is 12.4. The number of fused-ring (bicyclic) bond motifs is 1. The molecule has 2 atom stereocenters. The van der Waals surface area contributed by atoms with E-state index in [2.05, 4.69) is 9.89 Å². The molecule has 3 rings (SSSR count). The van der Waals surface area contributed by atoms with Crippen LogP contribution in [0.4, 0.5) is 5.69 Å². The fourth-order valence-corrected chi connectivity index (χ4v) is 2.28. The molecule has 2 aliphatic heterocycles. The van der Waals surface area contributed by atoms with Crippen LogP contribution in [0.1, 0.15) is 0 Å². The summed E-state index contributed by atoms with van der Waals surface area (Å²) in [5.41, 5.74) is 0.263. The van der Waals surface area contributed by atoms with Gasteiger partial charge in [0.15, 0.2) is 5.71 Å². The average molecular weight is 274 g/mol. The number of carbonyl (C=O) groups is 3.